The molecular formula is C14H9N3O2S. The lowest BCUT2D eigenvalue weighted by atomic mass is 10.1. The van der Waals surface area contributed by atoms with Gasteiger partial charge in [0.2, 0.25) is 0 Å². The first-order chi connectivity index (χ1) is 9.76. The summed E-state index contributed by atoms with van der Waals surface area (Å²) in [7, 11) is 0. The van der Waals surface area contributed by atoms with E-state index in [0.29, 0.717) is 18.0 Å². The fourth-order valence-electron chi connectivity index (χ4n) is 1.76. The van der Waals surface area contributed by atoms with E-state index >= 15 is 0 Å². The van der Waals surface area contributed by atoms with Crippen molar-refractivity contribution in [1.29, 1.82) is 5.26 Å². The number of rotatable bonds is 3. The normalized spacial score (nSPS) is 10.3. The van der Waals surface area contributed by atoms with E-state index in [1.807, 2.05) is 17.5 Å². The van der Waals surface area contributed by atoms with Gasteiger partial charge in [0.15, 0.2) is 0 Å². The number of thiophene rings is 1. The van der Waals surface area contributed by atoms with Crippen LogP contribution in [0.25, 0.3) is 10.8 Å². The van der Waals surface area contributed by atoms with Crippen LogP contribution in [-0.2, 0) is 6.54 Å². The summed E-state index contributed by atoms with van der Waals surface area (Å²) in [6.45, 7) is 0.319. The molecular weight excluding hydrogens is 274 g/mol. The van der Waals surface area contributed by atoms with Gasteiger partial charge in [-0.15, -0.1) is 16.4 Å². The molecule has 0 spiro atoms. The van der Waals surface area contributed by atoms with Crippen LogP contribution < -0.4 is 5.76 Å². The van der Waals surface area contributed by atoms with Gasteiger partial charge in [0.1, 0.15) is 0 Å². The van der Waals surface area contributed by atoms with Crippen molar-refractivity contribution >= 4 is 11.3 Å². The molecule has 0 bridgehead atoms. The summed E-state index contributed by atoms with van der Waals surface area (Å²) in [6.07, 6.45) is 0. The van der Waals surface area contributed by atoms with Crippen LogP contribution in [0.4, 0.5) is 0 Å². The molecule has 2 aromatic heterocycles. The smallest absolute Gasteiger partial charge is 0.387 e. The van der Waals surface area contributed by atoms with Gasteiger partial charge in [-0.1, -0.05) is 18.2 Å². The molecule has 1 aromatic carbocycles. The van der Waals surface area contributed by atoms with Crippen LogP contribution in [0, 0.1) is 11.3 Å². The molecule has 98 valence electrons. The van der Waals surface area contributed by atoms with E-state index in [2.05, 4.69) is 11.2 Å². The zero-order chi connectivity index (χ0) is 13.9. The Hall–Kier alpha value is -2.65. The Balaban J connectivity index is 1.87. The second-order valence-electron chi connectivity index (χ2n) is 4.12. The van der Waals surface area contributed by atoms with Gasteiger partial charge in [-0.2, -0.15) is 9.94 Å². The molecule has 2 heterocycles. The molecule has 0 aliphatic heterocycles. The second kappa shape index (κ2) is 5.15. The molecule has 0 fully saturated rings. The van der Waals surface area contributed by atoms with Crippen LogP contribution in [0.1, 0.15) is 11.1 Å². The van der Waals surface area contributed by atoms with E-state index in [9.17, 15) is 4.79 Å². The van der Waals surface area contributed by atoms with E-state index in [-0.39, 0.29) is 0 Å². The first-order valence-corrected chi connectivity index (χ1v) is 6.75. The highest BCUT2D eigenvalue weighted by Gasteiger charge is 2.11. The van der Waals surface area contributed by atoms with Crippen molar-refractivity contribution in [3.8, 4) is 16.8 Å². The summed E-state index contributed by atoms with van der Waals surface area (Å²) in [5.74, 6) is -0.156. The molecule has 6 heteroatoms. The van der Waals surface area contributed by atoms with Gasteiger partial charge < -0.3 is 4.42 Å². The van der Waals surface area contributed by atoms with Crippen molar-refractivity contribution in [2.24, 2.45) is 0 Å². The van der Waals surface area contributed by atoms with E-state index in [1.165, 1.54) is 16.0 Å². The summed E-state index contributed by atoms with van der Waals surface area (Å²) in [4.78, 5) is 12.6. The molecule has 0 aliphatic carbocycles. The van der Waals surface area contributed by atoms with E-state index in [4.69, 9.17) is 9.68 Å². The van der Waals surface area contributed by atoms with Crippen LogP contribution in [0.15, 0.2) is 51.0 Å². The Morgan fingerprint density at radius 2 is 2.10 bits per heavy atom. The minimum atomic E-state index is -0.488. The van der Waals surface area contributed by atoms with E-state index < -0.39 is 5.76 Å². The van der Waals surface area contributed by atoms with Gasteiger partial charge in [-0.05, 0) is 29.1 Å². The predicted octanol–water partition coefficient (Wildman–Crippen LogP) is 2.48. The van der Waals surface area contributed by atoms with Gasteiger partial charge in [-0.3, -0.25) is 0 Å². The summed E-state index contributed by atoms with van der Waals surface area (Å²) >= 11 is 1.46. The number of hydrogen-bond donors (Lipinski definition) is 0. The lowest BCUT2D eigenvalue weighted by molar-refractivity contribution is 0.495. The highest BCUT2D eigenvalue weighted by atomic mass is 32.1. The summed E-state index contributed by atoms with van der Waals surface area (Å²) in [6, 6.07) is 12.8. The SMILES string of the molecule is N#Cc1ccc(Cn2nc(-c3cccs3)oc2=O)cc1. The van der Waals surface area contributed by atoms with Crippen molar-refractivity contribution in [3.63, 3.8) is 0 Å². The third kappa shape index (κ3) is 2.39. The van der Waals surface area contributed by atoms with Crippen molar-refractivity contribution in [3.05, 3.63) is 63.5 Å². The lowest BCUT2D eigenvalue weighted by Crippen LogP contribution is -2.16. The Labute approximate surface area is 118 Å². The molecule has 0 radical (unpaired) electrons. The Kier molecular flexibility index (Phi) is 3.19. The van der Waals surface area contributed by atoms with Gasteiger partial charge in [0, 0.05) is 0 Å². The first-order valence-electron chi connectivity index (χ1n) is 5.87. The first kappa shape index (κ1) is 12.4. The van der Waals surface area contributed by atoms with Crippen LogP contribution in [-0.4, -0.2) is 9.78 Å². The molecule has 0 saturated heterocycles. The molecule has 0 unspecified atom stereocenters. The molecule has 0 atom stereocenters. The number of hydrogen-bond acceptors (Lipinski definition) is 5. The maximum Gasteiger partial charge on any atom is 0.437 e. The summed E-state index contributed by atoms with van der Waals surface area (Å²) in [5, 5.41) is 14.8. The largest absolute Gasteiger partial charge is 0.437 e. The zero-order valence-electron chi connectivity index (χ0n) is 10.3. The van der Waals surface area contributed by atoms with Crippen molar-refractivity contribution in [2.75, 3.05) is 0 Å². The Morgan fingerprint density at radius 3 is 2.75 bits per heavy atom. The average Bonchev–Trinajstić information content (AvgIpc) is 3.10. The van der Waals surface area contributed by atoms with E-state index in [1.54, 1.807) is 24.3 Å². The number of aromatic nitrogens is 2. The van der Waals surface area contributed by atoms with Crippen LogP contribution >= 0.6 is 11.3 Å². The monoisotopic (exact) mass is 283 g/mol. The summed E-state index contributed by atoms with van der Waals surface area (Å²) in [5.41, 5.74) is 1.47. The molecule has 0 N–H and O–H groups in total. The number of nitrogens with zero attached hydrogens (tertiary/aromatic N) is 3. The fourth-order valence-corrected chi connectivity index (χ4v) is 2.41. The predicted molar refractivity (Wildman–Crippen MR) is 74.3 cm³/mol. The highest BCUT2D eigenvalue weighted by molar-refractivity contribution is 7.13. The Morgan fingerprint density at radius 1 is 1.30 bits per heavy atom. The molecule has 0 amide bonds. The fraction of sp³-hybridized carbons (Fsp3) is 0.0714. The van der Waals surface area contributed by atoms with Gasteiger partial charge in [-0.25, -0.2) is 4.79 Å². The van der Waals surface area contributed by atoms with Crippen molar-refractivity contribution < 1.29 is 4.42 Å². The quantitative estimate of drug-likeness (QED) is 0.740. The molecule has 3 aromatic rings. The van der Waals surface area contributed by atoms with Crippen LogP contribution in [0.5, 0.6) is 0 Å². The standard InChI is InChI=1S/C14H9N3O2S/c15-8-10-3-5-11(6-4-10)9-17-14(18)19-13(16-17)12-2-1-7-20-12/h1-7H,9H2. The zero-order valence-corrected chi connectivity index (χ0v) is 11.1. The maximum atomic E-state index is 11.7. The molecule has 5 nitrogen and oxygen atoms in total. The Bertz CT molecular complexity index is 807. The minimum Gasteiger partial charge on any atom is -0.387 e. The number of benzene rings is 1. The van der Waals surface area contributed by atoms with Crippen LogP contribution in [0.3, 0.4) is 0 Å². The molecule has 20 heavy (non-hydrogen) atoms. The van der Waals surface area contributed by atoms with Gasteiger partial charge in [0.25, 0.3) is 5.89 Å². The number of nitriles is 1. The summed E-state index contributed by atoms with van der Waals surface area (Å²) < 4.78 is 6.40. The van der Waals surface area contributed by atoms with Crippen molar-refractivity contribution in [1.82, 2.24) is 9.78 Å². The van der Waals surface area contributed by atoms with Crippen molar-refractivity contribution in [2.45, 2.75) is 6.54 Å². The highest BCUT2D eigenvalue weighted by Crippen LogP contribution is 2.21. The topological polar surface area (TPSA) is 71.8 Å². The third-order valence-electron chi connectivity index (χ3n) is 2.75. The average molecular weight is 283 g/mol. The lowest BCUT2D eigenvalue weighted by Gasteiger charge is -1.99. The van der Waals surface area contributed by atoms with Gasteiger partial charge in [0.05, 0.1) is 23.1 Å². The molecule has 0 aliphatic rings. The maximum absolute atomic E-state index is 11.7. The second-order valence-corrected chi connectivity index (χ2v) is 5.06. The third-order valence-corrected chi connectivity index (χ3v) is 3.61. The van der Waals surface area contributed by atoms with Crippen LogP contribution in [0.2, 0.25) is 0 Å². The minimum absolute atomic E-state index is 0.319. The molecule has 3 rings (SSSR count). The van der Waals surface area contributed by atoms with E-state index in [0.717, 1.165) is 10.4 Å². The van der Waals surface area contributed by atoms with Gasteiger partial charge >= 0.3 is 5.76 Å². The molecule has 0 saturated carbocycles.